The third-order valence-electron chi connectivity index (χ3n) is 6.41. The van der Waals surface area contributed by atoms with Crippen LogP contribution in [0.4, 0.5) is 16.2 Å². The van der Waals surface area contributed by atoms with Gasteiger partial charge < -0.3 is 35.1 Å². The fourth-order valence-corrected chi connectivity index (χ4v) is 4.61. The van der Waals surface area contributed by atoms with Crippen molar-refractivity contribution in [1.29, 1.82) is 0 Å². The van der Waals surface area contributed by atoms with Gasteiger partial charge >= 0.3 is 6.03 Å². The van der Waals surface area contributed by atoms with Gasteiger partial charge in [0.2, 0.25) is 5.91 Å². The van der Waals surface area contributed by atoms with Crippen molar-refractivity contribution in [3.05, 3.63) is 48.0 Å². The van der Waals surface area contributed by atoms with Crippen molar-refractivity contribution in [2.24, 2.45) is 0 Å². The van der Waals surface area contributed by atoms with E-state index in [0.29, 0.717) is 47.8 Å². The number of methoxy groups -OCH3 is 1. The van der Waals surface area contributed by atoms with Gasteiger partial charge in [-0.05, 0) is 50.1 Å². The minimum absolute atomic E-state index is 0.0442. The first-order valence-electron chi connectivity index (χ1n) is 12.1. The van der Waals surface area contributed by atoms with Crippen molar-refractivity contribution in [2.45, 2.75) is 44.4 Å². The van der Waals surface area contributed by atoms with Crippen LogP contribution in [0.5, 0.6) is 11.5 Å². The number of nitrogens with one attached hydrogen (secondary N) is 3. The van der Waals surface area contributed by atoms with Crippen LogP contribution in [0.15, 0.2) is 42.5 Å². The number of nitrogens with zero attached hydrogens (tertiary/aromatic N) is 1. The summed E-state index contributed by atoms with van der Waals surface area (Å²) in [5, 5.41) is 8.31. The Balaban J connectivity index is 1.45. The quantitative estimate of drug-likeness (QED) is 0.565. The number of urea groups is 1. The lowest BCUT2D eigenvalue weighted by molar-refractivity contribution is -0.133. The number of hydrogen-bond acceptors (Lipinski definition) is 6. The van der Waals surface area contributed by atoms with Crippen molar-refractivity contribution in [3.8, 4) is 11.5 Å². The van der Waals surface area contributed by atoms with Crippen LogP contribution < -0.4 is 25.4 Å². The Hall–Kier alpha value is -3.79. The number of hydrogen-bond donors (Lipinski definition) is 3. The zero-order chi connectivity index (χ0) is 25.7. The molecule has 0 spiro atoms. The highest BCUT2D eigenvalue weighted by molar-refractivity contribution is 6.03. The van der Waals surface area contributed by atoms with E-state index in [0.717, 1.165) is 0 Å². The lowest BCUT2D eigenvalue weighted by Crippen LogP contribution is -2.54. The average Bonchev–Trinajstić information content (AvgIpc) is 2.87. The molecule has 3 atom stereocenters. The van der Waals surface area contributed by atoms with Gasteiger partial charge in [0.15, 0.2) is 0 Å². The molecule has 10 heteroatoms. The molecular formula is C26H32N4O6. The minimum Gasteiger partial charge on any atom is -0.495 e. The van der Waals surface area contributed by atoms with Gasteiger partial charge in [-0.25, -0.2) is 4.79 Å². The third kappa shape index (κ3) is 5.71. The zero-order valence-electron chi connectivity index (χ0n) is 20.7. The van der Waals surface area contributed by atoms with E-state index in [2.05, 4.69) is 16.0 Å². The van der Waals surface area contributed by atoms with Gasteiger partial charge in [-0.15, -0.1) is 0 Å². The Morgan fingerprint density at radius 1 is 1.14 bits per heavy atom. The number of rotatable bonds is 6. The van der Waals surface area contributed by atoms with E-state index in [1.165, 1.54) is 7.11 Å². The van der Waals surface area contributed by atoms with E-state index < -0.39 is 6.03 Å². The second-order valence-electron chi connectivity index (χ2n) is 8.82. The van der Waals surface area contributed by atoms with Gasteiger partial charge in [-0.2, -0.15) is 0 Å². The molecule has 2 aliphatic heterocycles. The maximum Gasteiger partial charge on any atom is 0.323 e. The molecule has 1 fully saturated rings. The molecule has 192 valence electrons. The molecule has 2 aromatic carbocycles. The summed E-state index contributed by atoms with van der Waals surface area (Å²) < 4.78 is 17.4. The van der Waals surface area contributed by atoms with Gasteiger partial charge in [0.25, 0.3) is 5.91 Å². The normalized spacial score (nSPS) is 21.1. The zero-order valence-corrected chi connectivity index (χ0v) is 20.7. The molecule has 2 heterocycles. The van der Waals surface area contributed by atoms with Crippen molar-refractivity contribution < 1.29 is 28.6 Å². The highest BCUT2D eigenvalue weighted by Crippen LogP contribution is 2.32. The number of amides is 4. The number of likely N-dealkylation sites (N-methyl/N-ethyl adjacent to an activating group) is 1. The van der Waals surface area contributed by atoms with E-state index in [4.69, 9.17) is 14.2 Å². The van der Waals surface area contributed by atoms with Crippen LogP contribution in [0.1, 0.15) is 36.5 Å². The summed E-state index contributed by atoms with van der Waals surface area (Å²) in [6.07, 6.45) is 1.11. The maximum atomic E-state index is 13.4. The summed E-state index contributed by atoms with van der Waals surface area (Å²) in [5.41, 5.74) is 1.33. The van der Waals surface area contributed by atoms with Crippen LogP contribution in [0.2, 0.25) is 0 Å². The van der Waals surface area contributed by atoms with Crippen LogP contribution in [0.25, 0.3) is 0 Å². The topological polar surface area (TPSA) is 118 Å². The molecular weight excluding hydrogens is 464 g/mol. The van der Waals surface area contributed by atoms with E-state index in [9.17, 15) is 14.4 Å². The predicted molar refractivity (Wildman–Crippen MR) is 135 cm³/mol. The van der Waals surface area contributed by atoms with Crippen LogP contribution >= 0.6 is 0 Å². The Kier molecular flexibility index (Phi) is 7.94. The first-order valence-corrected chi connectivity index (χ1v) is 12.1. The number of carbonyl (C=O) groups is 3. The maximum absolute atomic E-state index is 13.4. The second-order valence-corrected chi connectivity index (χ2v) is 8.82. The monoisotopic (exact) mass is 496 g/mol. The molecule has 0 bridgehead atoms. The summed E-state index contributed by atoms with van der Waals surface area (Å²) in [5.74, 6) is 0.681. The van der Waals surface area contributed by atoms with Crippen LogP contribution in [0, 0.1) is 0 Å². The number of ether oxygens (including phenoxy) is 3. The van der Waals surface area contributed by atoms with Crippen molar-refractivity contribution in [1.82, 2.24) is 10.2 Å². The Morgan fingerprint density at radius 2 is 1.94 bits per heavy atom. The second kappa shape index (κ2) is 11.3. The number of para-hydroxylation sites is 2. The molecule has 1 saturated heterocycles. The molecule has 0 aromatic heterocycles. The number of carbonyl (C=O) groups excluding carboxylic acids is 3. The van der Waals surface area contributed by atoms with Crippen molar-refractivity contribution in [3.63, 3.8) is 0 Å². The molecule has 0 radical (unpaired) electrons. The van der Waals surface area contributed by atoms with Crippen molar-refractivity contribution in [2.75, 3.05) is 37.9 Å². The molecule has 4 rings (SSSR count). The van der Waals surface area contributed by atoms with Crippen molar-refractivity contribution >= 4 is 29.2 Å². The number of anilines is 2. The largest absolute Gasteiger partial charge is 0.495 e. The van der Waals surface area contributed by atoms with Gasteiger partial charge in [-0.1, -0.05) is 12.1 Å². The molecule has 2 aromatic rings. The van der Waals surface area contributed by atoms with E-state index >= 15 is 0 Å². The Bertz CT molecular complexity index is 1120. The molecule has 2 aliphatic rings. The lowest BCUT2D eigenvalue weighted by atomic mass is 9.94. The molecule has 36 heavy (non-hydrogen) atoms. The number of benzene rings is 2. The number of fused-ring (bicyclic) bond motifs is 2. The highest BCUT2D eigenvalue weighted by Gasteiger charge is 2.39. The fourth-order valence-electron chi connectivity index (χ4n) is 4.61. The Morgan fingerprint density at radius 3 is 2.72 bits per heavy atom. The molecule has 0 aliphatic carbocycles. The standard InChI is InChI=1S/C26H32N4O6/c1-4-27-24(31)14-17-10-11-20-23(36-17)15-35-21-12-9-16(13-18(21)25(32)30(20)2)28-26(33)29-19-7-5-6-8-22(19)34-3/h5-9,12-13,17,20,23H,4,10-11,14-15H2,1-3H3,(H,27,31)(H2,28,29,33)/t17-,20+,23-/m0/s1. The van der Waals surface area contributed by atoms with E-state index in [-0.39, 0.29) is 43.1 Å². The summed E-state index contributed by atoms with van der Waals surface area (Å²) in [4.78, 5) is 39.6. The summed E-state index contributed by atoms with van der Waals surface area (Å²) in [7, 11) is 3.28. The highest BCUT2D eigenvalue weighted by atomic mass is 16.5. The fraction of sp³-hybridized carbons (Fsp3) is 0.423. The summed E-state index contributed by atoms with van der Waals surface area (Å²) in [6, 6.07) is 11.4. The first kappa shape index (κ1) is 25.3. The van der Waals surface area contributed by atoms with Gasteiger partial charge in [0.1, 0.15) is 24.2 Å². The predicted octanol–water partition coefficient (Wildman–Crippen LogP) is 3.25. The third-order valence-corrected chi connectivity index (χ3v) is 6.41. The van der Waals surface area contributed by atoms with Crippen LogP contribution in [-0.4, -0.2) is 68.3 Å². The van der Waals surface area contributed by atoms with Crippen LogP contribution in [0.3, 0.4) is 0 Å². The molecule has 0 saturated carbocycles. The molecule has 0 unspecified atom stereocenters. The van der Waals surface area contributed by atoms with E-state index in [1.807, 2.05) is 13.0 Å². The minimum atomic E-state index is -0.467. The van der Waals surface area contributed by atoms with Gasteiger partial charge in [-0.3, -0.25) is 9.59 Å². The first-order chi connectivity index (χ1) is 17.4. The SMILES string of the molecule is CCNC(=O)C[C@@H]1CC[C@@H]2[C@H](COc3ccc(NC(=O)Nc4ccccc4OC)cc3C(=O)N2C)O1. The molecule has 3 N–H and O–H groups in total. The summed E-state index contributed by atoms with van der Waals surface area (Å²) in [6.45, 7) is 2.71. The molecule has 10 nitrogen and oxygen atoms in total. The van der Waals surface area contributed by atoms with Crippen LogP contribution in [-0.2, 0) is 9.53 Å². The summed E-state index contributed by atoms with van der Waals surface area (Å²) >= 11 is 0. The average molecular weight is 497 g/mol. The van der Waals surface area contributed by atoms with E-state index in [1.54, 1.807) is 48.3 Å². The van der Waals surface area contributed by atoms with Gasteiger partial charge in [0.05, 0.1) is 36.9 Å². The van der Waals surface area contributed by atoms with Gasteiger partial charge in [0, 0.05) is 19.3 Å². The molecule has 4 amide bonds. The Labute approximate surface area is 210 Å². The smallest absolute Gasteiger partial charge is 0.323 e. The lowest BCUT2D eigenvalue weighted by Gasteiger charge is -2.42.